The van der Waals surface area contributed by atoms with E-state index >= 15 is 0 Å². The van der Waals surface area contributed by atoms with Crippen molar-refractivity contribution in [3.8, 4) is 0 Å². The molecule has 88 valence electrons. The molecule has 1 aromatic heterocycles. The van der Waals surface area contributed by atoms with Gasteiger partial charge >= 0.3 is 0 Å². The van der Waals surface area contributed by atoms with E-state index in [2.05, 4.69) is 21.7 Å². The molecule has 0 atom stereocenters. The standard InChI is InChI=1S/C13H14N2O2/c1-2-4-11(5-3-1)10-15-7-6-14-12(15)13-16-8-9-17-13/h1-7,13H,8-10H2. The Morgan fingerprint density at radius 2 is 1.94 bits per heavy atom. The maximum Gasteiger partial charge on any atom is 0.217 e. The lowest BCUT2D eigenvalue weighted by atomic mass is 10.2. The highest BCUT2D eigenvalue weighted by Gasteiger charge is 2.22. The first-order valence-corrected chi connectivity index (χ1v) is 5.71. The number of benzene rings is 1. The number of rotatable bonds is 3. The Kier molecular flexibility index (Phi) is 2.90. The van der Waals surface area contributed by atoms with Crippen LogP contribution in [0.1, 0.15) is 17.7 Å². The van der Waals surface area contributed by atoms with Gasteiger partial charge in [-0.05, 0) is 5.56 Å². The molecule has 1 saturated heterocycles. The molecule has 4 heteroatoms. The molecular formula is C13H14N2O2. The van der Waals surface area contributed by atoms with Crippen molar-refractivity contribution in [3.05, 3.63) is 54.1 Å². The van der Waals surface area contributed by atoms with Crippen LogP contribution in [0.3, 0.4) is 0 Å². The summed E-state index contributed by atoms with van der Waals surface area (Å²) in [5.74, 6) is 0.839. The minimum atomic E-state index is -0.311. The third-order valence-corrected chi connectivity index (χ3v) is 2.78. The van der Waals surface area contributed by atoms with Gasteiger partial charge in [0.2, 0.25) is 6.29 Å². The summed E-state index contributed by atoms with van der Waals surface area (Å²) in [5, 5.41) is 0. The summed E-state index contributed by atoms with van der Waals surface area (Å²) in [4.78, 5) is 4.31. The molecule has 0 saturated carbocycles. The highest BCUT2D eigenvalue weighted by atomic mass is 16.7. The van der Waals surface area contributed by atoms with Gasteiger partial charge in [-0.3, -0.25) is 0 Å². The topological polar surface area (TPSA) is 36.3 Å². The van der Waals surface area contributed by atoms with Crippen LogP contribution in [-0.2, 0) is 16.0 Å². The van der Waals surface area contributed by atoms with Crippen molar-refractivity contribution < 1.29 is 9.47 Å². The SMILES string of the molecule is c1ccc(Cn2ccnc2C2OCCO2)cc1. The maximum absolute atomic E-state index is 5.47. The summed E-state index contributed by atoms with van der Waals surface area (Å²) in [6.07, 6.45) is 3.42. The highest BCUT2D eigenvalue weighted by Crippen LogP contribution is 2.22. The maximum atomic E-state index is 5.47. The van der Waals surface area contributed by atoms with Gasteiger partial charge in [0, 0.05) is 18.9 Å². The normalized spacial score (nSPS) is 16.5. The smallest absolute Gasteiger partial charge is 0.217 e. The highest BCUT2D eigenvalue weighted by molar-refractivity contribution is 5.16. The fourth-order valence-corrected chi connectivity index (χ4v) is 1.96. The van der Waals surface area contributed by atoms with Gasteiger partial charge in [0.05, 0.1) is 13.2 Å². The number of imidazole rings is 1. The molecule has 0 radical (unpaired) electrons. The van der Waals surface area contributed by atoms with Crippen LogP contribution in [-0.4, -0.2) is 22.8 Å². The molecule has 2 heterocycles. The predicted octanol–water partition coefficient (Wildman–Crippen LogP) is 1.98. The molecule has 0 N–H and O–H groups in total. The summed E-state index contributed by atoms with van der Waals surface area (Å²) >= 11 is 0. The first-order valence-electron chi connectivity index (χ1n) is 5.71. The quantitative estimate of drug-likeness (QED) is 0.809. The van der Waals surface area contributed by atoms with Crippen molar-refractivity contribution in [1.29, 1.82) is 0 Å². The van der Waals surface area contributed by atoms with Crippen molar-refractivity contribution in [1.82, 2.24) is 9.55 Å². The van der Waals surface area contributed by atoms with E-state index in [-0.39, 0.29) is 6.29 Å². The van der Waals surface area contributed by atoms with Crippen molar-refractivity contribution in [2.45, 2.75) is 12.8 Å². The van der Waals surface area contributed by atoms with Crippen LogP contribution in [0, 0.1) is 0 Å². The minimum Gasteiger partial charge on any atom is -0.343 e. The van der Waals surface area contributed by atoms with Gasteiger partial charge in [-0.1, -0.05) is 30.3 Å². The second-order valence-electron chi connectivity index (χ2n) is 3.97. The van der Waals surface area contributed by atoms with Crippen LogP contribution < -0.4 is 0 Å². The summed E-state index contributed by atoms with van der Waals surface area (Å²) in [5.41, 5.74) is 1.24. The molecule has 0 bridgehead atoms. The number of hydrogen-bond donors (Lipinski definition) is 0. The fourth-order valence-electron chi connectivity index (χ4n) is 1.96. The first-order chi connectivity index (χ1) is 8.43. The molecule has 4 nitrogen and oxygen atoms in total. The summed E-state index contributed by atoms with van der Waals surface area (Å²) in [6, 6.07) is 10.3. The van der Waals surface area contributed by atoms with Gasteiger partial charge < -0.3 is 14.0 Å². The number of aromatic nitrogens is 2. The summed E-state index contributed by atoms with van der Waals surface area (Å²) < 4.78 is 13.0. The molecule has 0 aliphatic carbocycles. The molecule has 2 aromatic rings. The zero-order valence-corrected chi connectivity index (χ0v) is 9.45. The molecule has 17 heavy (non-hydrogen) atoms. The Bertz CT molecular complexity index is 475. The van der Waals surface area contributed by atoms with Crippen LogP contribution in [0.15, 0.2) is 42.7 Å². The van der Waals surface area contributed by atoms with E-state index < -0.39 is 0 Å². The lowest BCUT2D eigenvalue weighted by molar-refractivity contribution is -0.0527. The van der Waals surface area contributed by atoms with E-state index in [0.29, 0.717) is 13.2 Å². The van der Waals surface area contributed by atoms with Crippen LogP contribution in [0.4, 0.5) is 0 Å². The second kappa shape index (κ2) is 4.69. The van der Waals surface area contributed by atoms with Gasteiger partial charge in [-0.25, -0.2) is 4.98 Å². The van der Waals surface area contributed by atoms with E-state index in [0.717, 1.165) is 12.4 Å². The lowest BCUT2D eigenvalue weighted by Gasteiger charge is -2.12. The van der Waals surface area contributed by atoms with Crippen LogP contribution in [0.5, 0.6) is 0 Å². The van der Waals surface area contributed by atoms with Crippen LogP contribution in [0.2, 0.25) is 0 Å². The molecule has 1 aromatic carbocycles. The first kappa shape index (κ1) is 10.5. The van der Waals surface area contributed by atoms with E-state index in [1.165, 1.54) is 5.56 Å². The van der Waals surface area contributed by atoms with E-state index in [1.54, 1.807) is 6.20 Å². The summed E-state index contributed by atoms with van der Waals surface area (Å²) in [7, 11) is 0. The van der Waals surface area contributed by atoms with E-state index in [9.17, 15) is 0 Å². The molecule has 0 spiro atoms. The van der Waals surface area contributed by atoms with Crippen molar-refractivity contribution in [3.63, 3.8) is 0 Å². The van der Waals surface area contributed by atoms with Gasteiger partial charge in [0.1, 0.15) is 0 Å². The Morgan fingerprint density at radius 3 is 2.71 bits per heavy atom. The van der Waals surface area contributed by atoms with Crippen LogP contribution >= 0.6 is 0 Å². The van der Waals surface area contributed by atoms with Gasteiger partial charge in [0.25, 0.3) is 0 Å². The number of ether oxygens (including phenoxy) is 2. The fraction of sp³-hybridized carbons (Fsp3) is 0.308. The molecule has 0 amide bonds. The Hall–Kier alpha value is -1.65. The molecular weight excluding hydrogens is 216 g/mol. The largest absolute Gasteiger partial charge is 0.343 e. The second-order valence-corrected chi connectivity index (χ2v) is 3.97. The summed E-state index contributed by atoms with van der Waals surface area (Å²) in [6.45, 7) is 2.07. The lowest BCUT2D eigenvalue weighted by Crippen LogP contribution is -2.10. The van der Waals surface area contributed by atoms with Gasteiger partial charge in [0.15, 0.2) is 5.82 Å². The zero-order chi connectivity index (χ0) is 11.5. The molecule has 1 fully saturated rings. The molecule has 0 unspecified atom stereocenters. The Labute approximate surface area is 99.8 Å². The zero-order valence-electron chi connectivity index (χ0n) is 9.45. The van der Waals surface area contributed by atoms with Crippen LogP contribution in [0.25, 0.3) is 0 Å². The molecule has 1 aliphatic rings. The van der Waals surface area contributed by atoms with Crippen molar-refractivity contribution in [2.24, 2.45) is 0 Å². The number of nitrogens with zero attached hydrogens (tertiary/aromatic N) is 2. The Balaban J connectivity index is 1.81. The van der Waals surface area contributed by atoms with Gasteiger partial charge in [-0.15, -0.1) is 0 Å². The third kappa shape index (κ3) is 2.23. The molecule has 3 rings (SSSR count). The van der Waals surface area contributed by atoms with Crippen molar-refractivity contribution >= 4 is 0 Å². The average molecular weight is 230 g/mol. The predicted molar refractivity (Wildman–Crippen MR) is 62.4 cm³/mol. The number of hydrogen-bond acceptors (Lipinski definition) is 3. The Morgan fingerprint density at radius 1 is 1.18 bits per heavy atom. The average Bonchev–Trinajstić information content (AvgIpc) is 3.00. The van der Waals surface area contributed by atoms with E-state index in [4.69, 9.17) is 9.47 Å². The minimum absolute atomic E-state index is 0.311. The van der Waals surface area contributed by atoms with E-state index in [1.807, 2.05) is 24.4 Å². The third-order valence-electron chi connectivity index (χ3n) is 2.78. The monoisotopic (exact) mass is 230 g/mol. The molecule has 1 aliphatic heterocycles. The van der Waals surface area contributed by atoms with Gasteiger partial charge in [-0.2, -0.15) is 0 Å². The van der Waals surface area contributed by atoms with Crippen molar-refractivity contribution in [2.75, 3.05) is 13.2 Å².